The average Bonchev–Trinajstić information content (AvgIpc) is 3.41. The van der Waals surface area contributed by atoms with Crippen LogP contribution in [-0.4, -0.2) is 57.2 Å². The highest BCUT2D eigenvalue weighted by atomic mass is 28.4. The van der Waals surface area contributed by atoms with Gasteiger partial charge in [-0.25, -0.2) is 0 Å². The summed E-state index contributed by atoms with van der Waals surface area (Å²) >= 11 is 0. The molecule has 0 unspecified atom stereocenters. The van der Waals surface area contributed by atoms with Crippen LogP contribution in [0.5, 0.6) is 0 Å². The summed E-state index contributed by atoms with van der Waals surface area (Å²) in [7, 11) is -2.86. The molecule has 0 bridgehead atoms. The number of rotatable bonds is 5. The van der Waals surface area contributed by atoms with Crippen molar-refractivity contribution < 1.29 is 28.1 Å². The van der Waals surface area contributed by atoms with E-state index in [4.69, 9.17) is 28.1 Å². The molecule has 0 radical (unpaired) electrons. The molecule has 3 heterocycles. The van der Waals surface area contributed by atoms with Crippen molar-refractivity contribution in [3.63, 3.8) is 0 Å². The quantitative estimate of drug-likeness (QED) is 0.582. The predicted molar refractivity (Wildman–Crippen MR) is 136 cm³/mol. The summed E-state index contributed by atoms with van der Waals surface area (Å²) in [6, 6.07) is 21.3. The van der Waals surface area contributed by atoms with E-state index in [-0.39, 0.29) is 23.4 Å². The van der Waals surface area contributed by atoms with Gasteiger partial charge in [0.2, 0.25) is 0 Å². The highest BCUT2D eigenvalue weighted by molar-refractivity contribution is 6.99. The largest absolute Gasteiger partial charge is 0.399 e. The summed E-state index contributed by atoms with van der Waals surface area (Å²) in [5.41, 5.74) is 0. The monoisotopic (exact) mass is 498 g/mol. The number of hydrogen-bond donors (Lipinski definition) is 0. The lowest BCUT2D eigenvalue weighted by molar-refractivity contribution is -0.231. The van der Waals surface area contributed by atoms with Crippen molar-refractivity contribution in [2.75, 3.05) is 6.61 Å². The predicted octanol–water partition coefficient (Wildman–Crippen LogP) is 3.96. The SMILES string of the molecule is CC1(C)O[C@H]2O[C@H]([C@H]3COC(C)(C)O3)[C@H](O[Si](c3ccccc3)(c3ccccc3)C(C)(C)C)[C@H]2O1. The Labute approximate surface area is 209 Å². The topological polar surface area (TPSA) is 55.4 Å². The molecule has 7 heteroatoms. The van der Waals surface area contributed by atoms with E-state index in [1.807, 2.05) is 27.7 Å². The van der Waals surface area contributed by atoms with Crippen molar-refractivity contribution in [3.8, 4) is 0 Å². The van der Waals surface area contributed by atoms with Crippen LogP contribution in [0, 0.1) is 0 Å². The molecule has 190 valence electrons. The van der Waals surface area contributed by atoms with Crippen LogP contribution in [-0.2, 0) is 28.1 Å². The molecule has 0 spiro atoms. The molecule has 3 aliphatic rings. The Morgan fingerprint density at radius 1 is 0.771 bits per heavy atom. The lowest BCUT2D eigenvalue weighted by Crippen LogP contribution is -2.69. The lowest BCUT2D eigenvalue weighted by Gasteiger charge is -2.46. The van der Waals surface area contributed by atoms with Gasteiger partial charge in [0, 0.05) is 0 Å². The van der Waals surface area contributed by atoms with Crippen LogP contribution in [0.15, 0.2) is 60.7 Å². The van der Waals surface area contributed by atoms with E-state index >= 15 is 0 Å². The molecule has 3 saturated heterocycles. The first kappa shape index (κ1) is 25.1. The number of ether oxygens (including phenoxy) is 5. The molecule has 5 atom stereocenters. The minimum absolute atomic E-state index is 0.181. The van der Waals surface area contributed by atoms with E-state index < -0.39 is 32.3 Å². The number of fused-ring (bicyclic) bond motifs is 1. The second-order valence-corrected chi connectivity index (χ2v) is 15.9. The second-order valence-electron chi connectivity index (χ2n) is 11.7. The van der Waals surface area contributed by atoms with Crippen LogP contribution < -0.4 is 10.4 Å². The Balaban J connectivity index is 1.62. The molecule has 0 aromatic heterocycles. The third kappa shape index (κ3) is 4.52. The molecule has 0 saturated carbocycles. The summed E-state index contributed by atoms with van der Waals surface area (Å²) in [5.74, 6) is -1.42. The molecule has 6 nitrogen and oxygen atoms in total. The summed E-state index contributed by atoms with van der Waals surface area (Å²) in [6.07, 6.45) is -1.95. The van der Waals surface area contributed by atoms with Crippen LogP contribution in [0.25, 0.3) is 0 Å². The number of benzene rings is 2. The minimum Gasteiger partial charge on any atom is -0.399 e. The number of hydrogen-bond acceptors (Lipinski definition) is 6. The van der Waals surface area contributed by atoms with E-state index in [0.29, 0.717) is 6.61 Å². The molecule has 5 rings (SSSR count). The Bertz CT molecular complexity index is 979. The smallest absolute Gasteiger partial charge is 0.261 e. The van der Waals surface area contributed by atoms with Crippen LogP contribution in [0.1, 0.15) is 48.5 Å². The fourth-order valence-electron chi connectivity index (χ4n) is 5.71. The molecule has 2 aromatic carbocycles. The van der Waals surface area contributed by atoms with Gasteiger partial charge in [0.25, 0.3) is 8.32 Å². The van der Waals surface area contributed by atoms with E-state index in [1.165, 1.54) is 10.4 Å². The maximum absolute atomic E-state index is 7.51. The molecule has 35 heavy (non-hydrogen) atoms. The van der Waals surface area contributed by atoms with E-state index in [2.05, 4.69) is 81.4 Å². The summed E-state index contributed by atoms with van der Waals surface area (Å²) in [5, 5.41) is 2.24. The van der Waals surface area contributed by atoms with Gasteiger partial charge in [-0.15, -0.1) is 0 Å². The molecule has 2 aromatic rings. The first-order valence-corrected chi connectivity index (χ1v) is 14.4. The van der Waals surface area contributed by atoms with E-state index in [9.17, 15) is 0 Å². The van der Waals surface area contributed by atoms with Gasteiger partial charge in [-0.1, -0.05) is 81.4 Å². The Morgan fingerprint density at radius 3 is 1.83 bits per heavy atom. The van der Waals surface area contributed by atoms with E-state index in [0.717, 1.165) is 0 Å². The zero-order valence-electron chi connectivity index (χ0n) is 21.8. The maximum atomic E-state index is 7.51. The first-order chi connectivity index (χ1) is 16.4. The van der Waals surface area contributed by atoms with Crippen molar-refractivity contribution >= 4 is 18.7 Å². The lowest BCUT2D eigenvalue weighted by atomic mass is 10.1. The second kappa shape index (κ2) is 8.77. The van der Waals surface area contributed by atoms with Crippen molar-refractivity contribution in [1.29, 1.82) is 0 Å². The van der Waals surface area contributed by atoms with Crippen LogP contribution in [0.3, 0.4) is 0 Å². The fraction of sp³-hybridized carbons (Fsp3) is 0.571. The molecule has 0 amide bonds. The van der Waals surface area contributed by atoms with Gasteiger partial charge in [0.1, 0.15) is 24.4 Å². The maximum Gasteiger partial charge on any atom is 0.261 e. The summed E-state index contributed by atoms with van der Waals surface area (Å²) < 4.78 is 38.7. The highest BCUT2D eigenvalue weighted by Crippen LogP contribution is 2.45. The zero-order chi connectivity index (χ0) is 25.1. The van der Waals surface area contributed by atoms with Gasteiger partial charge < -0.3 is 28.1 Å². The molecule has 0 aliphatic carbocycles. The van der Waals surface area contributed by atoms with Crippen molar-refractivity contribution in [3.05, 3.63) is 60.7 Å². The van der Waals surface area contributed by atoms with Crippen molar-refractivity contribution in [2.45, 2.75) is 95.8 Å². The zero-order valence-corrected chi connectivity index (χ0v) is 22.8. The van der Waals surface area contributed by atoms with Gasteiger partial charge in [-0.05, 0) is 43.1 Å². The Morgan fingerprint density at radius 2 is 1.34 bits per heavy atom. The molecule has 3 aliphatic heterocycles. The van der Waals surface area contributed by atoms with Crippen molar-refractivity contribution in [2.24, 2.45) is 0 Å². The van der Waals surface area contributed by atoms with Crippen LogP contribution in [0.4, 0.5) is 0 Å². The molecule has 0 N–H and O–H groups in total. The Kier molecular flexibility index (Phi) is 6.28. The highest BCUT2D eigenvalue weighted by Gasteiger charge is 2.62. The average molecular weight is 499 g/mol. The van der Waals surface area contributed by atoms with Gasteiger partial charge in [0.15, 0.2) is 17.9 Å². The Hall–Kier alpha value is -1.58. The summed E-state index contributed by atoms with van der Waals surface area (Å²) in [6.45, 7) is 14.9. The minimum atomic E-state index is -2.86. The summed E-state index contributed by atoms with van der Waals surface area (Å²) in [4.78, 5) is 0. The molecular formula is C28H38O6Si. The van der Waals surface area contributed by atoms with Gasteiger partial charge >= 0.3 is 0 Å². The molecule has 3 fully saturated rings. The molecular weight excluding hydrogens is 460 g/mol. The van der Waals surface area contributed by atoms with Crippen molar-refractivity contribution in [1.82, 2.24) is 0 Å². The fourth-order valence-corrected chi connectivity index (χ4v) is 10.4. The first-order valence-electron chi connectivity index (χ1n) is 12.5. The van der Waals surface area contributed by atoms with Gasteiger partial charge in [0.05, 0.1) is 6.61 Å². The van der Waals surface area contributed by atoms with Gasteiger partial charge in [-0.3, -0.25) is 0 Å². The van der Waals surface area contributed by atoms with Crippen LogP contribution >= 0.6 is 0 Å². The standard InChI is InChI=1S/C28H38O6Si/c1-26(2,3)35(19-14-10-8-11-15-19,20-16-12-9-13-17-20)34-23-22(21-18-29-27(4,5)31-21)30-25-24(23)32-28(6,7)33-25/h8-17,21-25H,18H2,1-7H3/t21-,22-,23+,24-,25-/m1/s1. The third-order valence-electron chi connectivity index (χ3n) is 7.15. The van der Waals surface area contributed by atoms with E-state index in [1.54, 1.807) is 0 Å². The van der Waals surface area contributed by atoms with Crippen LogP contribution in [0.2, 0.25) is 5.04 Å². The normalized spacial score (nSPS) is 32.0. The van der Waals surface area contributed by atoms with Gasteiger partial charge in [-0.2, -0.15) is 0 Å². The third-order valence-corrected chi connectivity index (χ3v) is 12.2.